The van der Waals surface area contributed by atoms with Crippen LogP contribution >= 0.6 is 15.9 Å². The highest BCUT2D eigenvalue weighted by Gasteiger charge is 2.12. The minimum atomic E-state index is -0.446. The first kappa shape index (κ1) is 18.9. The molecule has 2 amide bonds. The molecular weight excluding hydrogens is 391 g/mol. The van der Waals surface area contributed by atoms with Gasteiger partial charge in [-0.3, -0.25) is 9.59 Å². The first-order chi connectivity index (χ1) is 12.0. The normalized spacial score (nSPS) is 10.2. The molecule has 0 atom stereocenters. The van der Waals surface area contributed by atoms with Crippen molar-refractivity contribution in [3.63, 3.8) is 0 Å². The molecule has 0 fully saturated rings. The molecule has 25 heavy (non-hydrogen) atoms. The van der Waals surface area contributed by atoms with Gasteiger partial charge in [-0.1, -0.05) is 28.1 Å². The third kappa shape index (κ3) is 5.86. The van der Waals surface area contributed by atoms with Crippen LogP contribution in [0.4, 0.5) is 4.39 Å². The molecule has 0 saturated carbocycles. The lowest BCUT2D eigenvalue weighted by Gasteiger charge is -2.18. The summed E-state index contributed by atoms with van der Waals surface area (Å²) in [5.41, 5.74) is 0.474. The second-order valence-corrected chi connectivity index (χ2v) is 6.20. The van der Waals surface area contributed by atoms with E-state index in [9.17, 15) is 14.0 Å². The number of benzene rings is 2. The molecule has 0 aliphatic heterocycles. The van der Waals surface area contributed by atoms with Gasteiger partial charge in [-0.15, -0.1) is 0 Å². The van der Waals surface area contributed by atoms with Gasteiger partial charge >= 0.3 is 0 Å². The molecule has 5 nitrogen and oxygen atoms in total. The van der Waals surface area contributed by atoms with Crippen molar-refractivity contribution in [2.45, 2.75) is 0 Å². The van der Waals surface area contributed by atoms with E-state index in [1.807, 2.05) is 0 Å². The summed E-state index contributed by atoms with van der Waals surface area (Å²) in [6.45, 7) is 0.316. The minimum absolute atomic E-state index is 0.120. The van der Waals surface area contributed by atoms with Crippen LogP contribution < -0.4 is 10.1 Å². The number of halogens is 2. The molecule has 1 N–H and O–H groups in total. The van der Waals surface area contributed by atoms with Gasteiger partial charge in [0, 0.05) is 17.1 Å². The molecule has 0 aliphatic carbocycles. The monoisotopic (exact) mass is 408 g/mol. The largest absolute Gasteiger partial charge is 0.489 e. The molecule has 0 bridgehead atoms. The Labute approximate surface area is 153 Å². The average molecular weight is 409 g/mol. The van der Waals surface area contributed by atoms with Crippen LogP contribution in [0.1, 0.15) is 10.4 Å². The van der Waals surface area contributed by atoms with Crippen molar-refractivity contribution in [2.24, 2.45) is 0 Å². The van der Waals surface area contributed by atoms with Crippen molar-refractivity contribution in [1.29, 1.82) is 0 Å². The third-order valence-corrected chi connectivity index (χ3v) is 3.98. The van der Waals surface area contributed by atoms with Crippen molar-refractivity contribution in [3.8, 4) is 5.75 Å². The Morgan fingerprint density at radius 1 is 1.16 bits per heavy atom. The Bertz CT molecular complexity index is 737. The second kappa shape index (κ2) is 9.17. The molecule has 7 heteroatoms. The number of likely N-dealkylation sites (N-methyl/N-ethyl adjacent to an activating group) is 1. The molecule has 2 aromatic carbocycles. The van der Waals surface area contributed by atoms with Gasteiger partial charge in [0.1, 0.15) is 6.61 Å². The zero-order chi connectivity index (χ0) is 18.2. The Morgan fingerprint density at radius 2 is 1.84 bits per heavy atom. The summed E-state index contributed by atoms with van der Waals surface area (Å²) in [5, 5.41) is 2.57. The van der Waals surface area contributed by atoms with Crippen LogP contribution in [0.5, 0.6) is 5.75 Å². The molecule has 0 radical (unpaired) electrons. The highest BCUT2D eigenvalue weighted by Crippen LogP contribution is 2.15. The standard InChI is InChI=1S/C18H18BrFN2O3/c1-22(10-11-25-16-5-3-2-4-15(16)20)17(23)12-21-18(24)13-6-8-14(19)9-7-13/h2-9H,10-12H2,1H3,(H,21,24). The maximum absolute atomic E-state index is 13.4. The van der Waals surface area contributed by atoms with E-state index in [0.29, 0.717) is 5.56 Å². The maximum Gasteiger partial charge on any atom is 0.251 e. The van der Waals surface area contributed by atoms with Gasteiger partial charge in [-0.2, -0.15) is 0 Å². The van der Waals surface area contributed by atoms with Gasteiger partial charge < -0.3 is 15.0 Å². The number of ether oxygens (including phenoxy) is 1. The van der Waals surface area contributed by atoms with Gasteiger partial charge in [0.15, 0.2) is 11.6 Å². The van der Waals surface area contributed by atoms with Crippen LogP contribution in [-0.2, 0) is 4.79 Å². The van der Waals surface area contributed by atoms with Crippen LogP contribution in [-0.4, -0.2) is 43.5 Å². The molecule has 0 aliphatic rings. The van der Waals surface area contributed by atoms with Gasteiger partial charge in [0.25, 0.3) is 5.91 Å². The summed E-state index contributed by atoms with van der Waals surface area (Å²) in [5.74, 6) is -0.885. The number of rotatable bonds is 7. The van der Waals surface area contributed by atoms with Crippen molar-refractivity contribution >= 4 is 27.7 Å². The number of hydrogen-bond acceptors (Lipinski definition) is 3. The molecule has 2 aromatic rings. The van der Waals surface area contributed by atoms with E-state index < -0.39 is 5.82 Å². The van der Waals surface area contributed by atoms with Crippen LogP contribution in [0.25, 0.3) is 0 Å². The van der Waals surface area contributed by atoms with Crippen LogP contribution in [0, 0.1) is 5.82 Å². The number of nitrogens with one attached hydrogen (secondary N) is 1. The SMILES string of the molecule is CN(CCOc1ccccc1F)C(=O)CNC(=O)c1ccc(Br)cc1. The second-order valence-electron chi connectivity index (χ2n) is 5.28. The summed E-state index contributed by atoms with van der Waals surface area (Å²) in [6.07, 6.45) is 0. The fraction of sp³-hybridized carbons (Fsp3) is 0.222. The number of para-hydroxylation sites is 1. The zero-order valence-corrected chi connectivity index (χ0v) is 15.3. The van der Waals surface area contributed by atoms with E-state index in [-0.39, 0.29) is 37.3 Å². The van der Waals surface area contributed by atoms with Gasteiger partial charge in [-0.05, 0) is 36.4 Å². The van der Waals surface area contributed by atoms with Crippen LogP contribution in [0.2, 0.25) is 0 Å². The lowest BCUT2D eigenvalue weighted by Crippen LogP contribution is -2.39. The fourth-order valence-electron chi connectivity index (χ4n) is 1.97. The van der Waals surface area contributed by atoms with E-state index >= 15 is 0 Å². The smallest absolute Gasteiger partial charge is 0.251 e. The lowest BCUT2D eigenvalue weighted by atomic mass is 10.2. The summed E-state index contributed by atoms with van der Waals surface area (Å²) in [7, 11) is 1.60. The van der Waals surface area contributed by atoms with Crippen molar-refractivity contribution in [3.05, 3.63) is 64.4 Å². The highest BCUT2D eigenvalue weighted by atomic mass is 79.9. The number of carbonyl (C=O) groups is 2. The molecule has 132 valence electrons. The van der Waals surface area contributed by atoms with E-state index in [1.165, 1.54) is 17.0 Å². The predicted octanol–water partition coefficient (Wildman–Crippen LogP) is 2.86. The first-order valence-electron chi connectivity index (χ1n) is 7.62. The fourth-order valence-corrected chi connectivity index (χ4v) is 2.24. The Hall–Kier alpha value is -2.41. The summed E-state index contributed by atoms with van der Waals surface area (Å²) < 4.78 is 19.6. The number of amides is 2. The van der Waals surface area contributed by atoms with Crippen LogP contribution in [0.15, 0.2) is 53.0 Å². The van der Waals surface area contributed by atoms with Crippen molar-refractivity contribution in [2.75, 3.05) is 26.7 Å². The molecule has 0 saturated heterocycles. The van der Waals surface area contributed by atoms with Gasteiger partial charge in [0.05, 0.1) is 13.1 Å². The molecule has 0 spiro atoms. The third-order valence-electron chi connectivity index (χ3n) is 3.45. The number of hydrogen-bond donors (Lipinski definition) is 1. The zero-order valence-electron chi connectivity index (χ0n) is 13.7. The van der Waals surface area contributed by atoms with Gasteiger partial charge in [-0.25, -0.2) is 4.39 Å². The number of carbonyl (C=O) groups excluding carboxylic acids is 2. The molecule has 0 aromatic heterocycles. The molecule has 0 heterocycles. The average Bonchev–Trinajstić information content (AvgIpc) is 2.61. The Morgan fingerprint density at radius 3 is 2.52 bits per heavy atom. The van der Waals surface area contributed by atoms with E-state index in [1.54, 1.807) is 43.4 Å². The molecule has 2 rings (SSSR count). The van der Waals surface area contributed by atoms with Crippen molar-refractivity contribution < 1.29 is 18.7 Å². The predicted molar refractivity (Wildman–Crippen MR) is 96.0 cm³/mol. The Kier molecular flexibility index (Phi) is 6.94. The molecular formula is C18H18BrFN2O3. The topological polar surface area (TPSA) is 58.6 Å². The Balaban J connectivity index is 1.73. The number of nitrogens with zero attached hydrogens (tertiary/aromatic N) is 1. The van der Waals surface area contributed by atoms with Crippen LogP contribution in [0.3, 0.4) is 0 Å². The van der Waals surface area contributed by atoms with Gasteiger partial charge in [0.2, 0.25) is 5.91 Å². The van der Waals surface area contributed by atoms with Crippen molar-refractivity contribution in [1.82, 2.24) is 10.2 Å². The van der Waals surface area contributed by atoms with E-state index in [4.69, 9.17) is 4.74 Å². The highest BCUT2D eigenvalue weighted by molar-refractivity contribution is 9.10. The van der Waals surface area contributed by atoms with E-state index in [2.05, 4.69) is 21.2 Å². The van der Waals surface area contributed by atoms with E-state index in [0.717, 1.165) is 4.47 Å². The first-order valence-corrected chi connectivity index (χ1v) is 8.41. The summed E-state index contributed by atoms with van der Waals surface area (Å²) >= 11 is 3.29. The maximum atomic E-state index is 13.4. The summed E-state index contributed by atoms with van der Waals surface area (Å²) in [6, 6.07) is 12.9. The minimum Gasteiger partial charge on any atom is -0.489 e. The summed E-state index contributed by atoms with van der Waals surface area (Å²) in [4.78, 5) is 25.4. The molecule has 0 unspecified atom stereocenters. The lowest BCUT2D eigenvalue weighted by molar-refractivity contribution is -0.129. The quantitative estimate of drug-likeness (QED) is 0.765.